The van der Waals surface area contributed by atoms with Crippen LogP contribution in [0, 0.1) is 24.0 Å². The van der Waals surface area contributed by atoms with Crippen LogP contribution in [0.25, 0.3) is 0 Å². The van der Waals surface area contributed by atoms with Crippen molar-refractivity contribution < 1.29 is 9.72 Å². The fraction of sp³-hybridized carbons (Fsp3) is 0.333. The van der Waals surface area contributed by atoms with Gasteiger partial charge in [-0.3, -0.25) is 14.9 Å². The van der Waals surface area contributed by atoms with Crippen LogP contribution in [-0.2, 0) is 4.79 Å². The van der Waals surface area contributed by atoms with Gasteiger partial charge in [0.05, 0.1) is 17.7 Å². The maximum atomic E-state index is 12.1. The third-order valence-corrected chi connectivity index (χ3v) is 4.88. The van der Waals surface area contributed by atoms with Crippen molar-refractivity contribution in [3.05, 3.63) is 63.2 Å². The number of anilines is 2. The van der Waals surface area contributed by atoms with E-state index in [0.29, 0.717) is 5.56 Å². The van der Waals surface area contributed by atoms with Crippen molar-refractivity contribution in [2.75, 3.05) is 29.9 Å². The molecule has 0 aromatic heterocycles. The number of nitrogens with one attached hydrogen (secondary N) is 2. The molecule has 0 unspecified atom stereocenters. The molecule has 0 aliphatic carbocycles. The molecule has 1 aliphatic rings. The summed E-state index contributed by atoms with van der Waals surface area (Å²) >= 11 is 0. The summed E-state index contributed by atoms with van der Waals surface area (Å²) in [5.41, 5.74) is 7.10. The molecule has 8 heteroatoms. The van der Waals surface area contributed by atoms with Gasteiger partial charge in [-0.15, -0.1) is 0 Å². The van der Waals surface area contributed by atoms with Crippen LogP contribution in [0.3, 0.4) is 0 Å². The number of benzene rings is 2. The van der Waals surface area contributed by atoms with Crippen LogP contribution in [0.2, 0.25) is 0 Å². The van der Waals surface area contributed by atoms with Crippen LogP contribution in [0.5, 0.6) is 0 Å². The molecule has 3 rings (SSSR count). The average Bonchev–Trinajstić information content (AvgIpc) is 3.21. The first-order chi connectivity index (χ1) is 13.9. The van der Waals surface area contributed by atoms with Crippen LogP contribution in [0.15, 0.2) is 41.5 Å². The van der Waals surface area contributed by atoms with E-state index in [9.17, 15) is 14.9 Å². The van der Waals surface area contributed by atoms with Gasteiger partial charge in [-0.1, -0.05) is 17.7 Å². The first kappa shape index (κ1) is 20.3. The lowest BCUT2D eigenvalue weighted by Gasteiger charge is -2.19. The summed E-state index contributed by atoms with van der Waals surface area (Å²) in [7, 11) is 0. The minimum Gasteiger partial charge on any atom is -0.376 e. The molecule has 2 N–H and O–H groups in total. The van der Waals surface area contributed by atoms with Gasteiger partial charge in [0.2, 0.25) is 0 Å². The van der Waals surface area contributed by atoms with Crippen molar-refractivity contribution in [1.29, 1.82) is 0 Å². The molecule has 29 heavy (non-hydrogen) atoms. The predicted molar refractivity (Wildman–Crippen MR) is 115 cm³/mol. The third-order valence-electron chi connectivity index (χ3n) is 4.88. The second-order valence-electron chi connectivity index (χ2n) is 7.16. The number of carbonyl (C=O) groups is 1. The van der Waals surface area contributed by atoms with Crippen LogP contribution in [0.4, 0.5) is 17.1 Å². The Labute approximate surface area is 169 Å². The average molecular weight is 395 g/mol. The van der Waals surface area contributed by atoms with Crippen molar-refractivity contribution in [3.8, 4) is 0 Å². The number of aryl methyl sites for hydroxylation is 2. The molecule has 2 aromatic rings. The molecule has 1 fully saturated rings. The van der Waals surface area contributed by atoms with Crippen LogP contribution in [-0.4, -0.2) is 36.7 Å². The zero-order valence-electron chi connectivity index (χ0n) is 16.6. The molecule has 0 radical (unpaired) electrons. The summed E-state index contributed by atoms with van der Waals surface area (Å²) in [6.07, 6.45) is 3.65. The van der Waals surface area contributed by atoms with E-state index in [-0.39, 0.29) is 18.1 Å². The maximum Gasteiger partial charge on any atom is 0.270 e. The van der Waals surface area contributed by atoms with E-state index < -0.39 is 4.92 Å². The van der Waals surface area contributed by atoms with E-state index in [1.165, 1.54) is 18.3 Å². The van der Waals surface area contributed by atoms with Gasteiger partial charge in [0.25, 0.3) is 11.6 Å². The Morgan fingerprint density at radius 3 is 2.66 bits per heavy atom. The Kier molecular flexibility index (Phi) is 6.43. The Balaban J connectivity index is 1.64. The SMILES string of the molecule is Cc1ccc(NCC(=O)N/N=C/c2cc([N+](=O)[O-])ccc2N2CCCC2)c(C)c1. The van der Waals surface area contributed by atoms with Crippen molar-refractivity contribution in [1.82, 2.24) is 5.43 Å². The van der Waals surface area contributed by atoms with Crippen molar-refractivity contribution in [3.63, 3.8) is 0 Å². The normalized spacial score (nSPS) is 13.7. The highest BCUT2D eigenvalue weighted by Gasteiger charge is 2.18. The van der Waals surface area contributed by atoms with Crippen molar-refractivity contribution in [2.24, 2.45) is 5.10 Å². The number of rotatable bonds is 7. The molecule has 1 heterocycles. The number of hydrogen-bond donors (Lipinski definition) is 2. The van der Waals surface area contributed by atoms with E-state index in [2.05, 4.69) is 20.7 Å². The molecule has 1 aliphatic heterocycles. The van der Waals surface area contributed by atoms with E-state index >= 15 is 0 Å². The lowest BCUT2D eigenvalue weighted by Crippen LogP contribution is -2.26. The van der Waals surface area contributed by atoms with Crippen LogP contribution in [0.1, 0.15) is 29.5 Å². The second-order valence-corrected chi connectivity index (χ2v) is 7.16. The van der Waals surface area contributed by atoms with Gasteiger partial charge in [-0.2, -0.15) is 5.10 Å². The topological polar surface area (TPSA) is 99.9 Å². The van der Waals surface area contributed by atoms with Crippen LogP contribution >= 0.6 is 0 Å². The molecular weight excluding hydrogens is 370 g/mol. The molecule has 1 amide bonds. The number of nitrogens with zero attached hydrogens (tertiary/aromatic N) is 3. The standard InChI is InChI=1S/C21H25N5O3/c1-15-5-7-19(16(2)11-15)22-14-21(27)24-23-13-17-12-18(26(28)29)6-8-20(17)25-9-3-4-10-25/h5-8,11-13,22H,3-4,9-10,14H2,1-2H3,(H,24,27)/b23-13+. The minimum atomic E-state index is -0.433. The van der Waals surface area contributed by atoms with Gasteiger partial charge in [0, 0.05) is 42.2 Å². The summed E-state index contributed by atoms with van der Waals surface area (Å²) in [5, 5.41) is 18.2. The molecule has 1 saturated heterocycles. The minimum absolute atomic E-state index is 0.00256. The highest BCUT2D eigenvalue weighted by Crippen LogP contribution is 2.27. The van der Waals surface area contributed by atoms with E-state index in [0.717, 1.165) is 48.4 Å². The van der Waals surface area contributed by atoms with Gasteiger partial charge in [-0.25, -0.2) is 5.43 Å². The van der Waals surface area contributed by atoms with Crippen molar-refractivity contribution in [2.45, 2.75) is 26.7 Å². The van der Waals surface area contributed by atoms with Crippen molar-refractivity contribution >= 4 is 29.2 Å². The molecule has 8 nitrogen and oxygen atoms in total. The number of carbonyl (C=O) groups excluding carboxylic acids is 1. The molecule has 152 valence electrons. The van der Waals surface area contributed by atoms with E-state index in [1.807, 2.05) is 32.0 Å². The third kappa shape index (κ3) is 5.31. The summed E-state index contributed by atoms with van der Waals surface area (Å²) in [5.74, 6) is -0.297. The fourth-order valence-corrected chi connectivity index (χ4v) is 3.41. The number of non-ortho nitro benzene ring substituents is 1. The van der Waals surface area contributed by atoms with Gasteiger partial charge in [-0.05, 0) is 44.4 Å². The second kappa shape index (κ2) is 9.18. The van der Waals surface area contributed by atoms with E-state index in [1.54, 1.807) is 6.07 Å². The number of nitro benzene ring substituents is 1. The summed E-state index contributed by atoms with van der Waals surface area (Å²) in [4.78, 5) is 24.9. The Hall–Kier alpha value is -3.42. The number of hydrogen-bond acceptors (Lipinski definition) is 6. The molecule has 0 spiro atoms. The number of amides is 1. The predicted octanol–water partition coefficient (Wildman–Crippen LogP) is 3.37. The smallest absolute Gasteiger partial charge is 0.270 e. The molecule has 0 bridgehead atoms. The summed E-state index contributed by atoms with van der Waals surface area (Å²) < 4.78 is 0. The highest BCUT2D eigenvalue weighted by atomic mass is 16.6. The van der Waals surface area contributed by atoms with Gasteiger partial charge in [0.15, 0.2) is 0 Å². The molecule has 0 atom stereocenters. The highest BCUT2D eigenvalue weighted by molar-refractivity contribution is 5.90. The first-order valence-electron chi connectivity index (χ1n) is 9.60. The molecule has 2 aromatic carbocycles. The monoisotopic (exact) mass is 395 g/mol. The zero-order chi connectivity index (χ0) is 20.8. The lowest BCUT2D eigenvalue weighted by atomic mass is 10.1. The Bertz CT molecular complexity index is 936. The Morgan fingerprint density at radius 2 is 1.97 bits per heavy atom. The number of nitro groups is 1. The van der Waals surface area contributed by atoms with Gasteiger partial charge in [0.1, 0.15) is 0 Å². The number of hydrazone groups is 1. The summed E-state index contributed by atoms with van der Waals surface area (Å²) in [6, 6.07) is 10.7. The summed E-state index contributed by atoms with van der Waals surface area (Å²) in [6.45, 7) is 5.89. The maximum absolute atomic E-state index is 12.1. The van der Waals surface area contributed by atoms with E-state index in [4.69, 9.17) is 0 Å². The van der Waals surface area contributed by atoms with Crippen LogP contribution < -0.4 is 15.6 Å². The Morgan fingerprint density at radius 1 is 1.21 bits per heavy atom. The zero-order valence-corrected chi connectivity index (χ0v) is 16.6. The van der Waals surface area contributed by atoms with Gasteiger partial charge >= 0.3 is 0 Å². The molecule has 0 saturated carbocycles. The lowest BCUT2D eigenvalue weighted by molar-refractivity contribution is -0.384. The van der Waals surface area contributed by atoms with Gasteiger partial charge < -0.3 is 10.2 Å². The first-order valence-corrected chi connectivity index (χ1v) is 9.60. The molecular formula is C21H25N5O3. The largest absolute Gasteiger partial charge is 0.376 e. The fourth-order valence-electron chi connectivity index (χ4n) is 3.41. The quantitative estimate of drug-likeness (QED) is 0.425.